The van der Waals surface area contributed by atoms with Gasteiger partial charge in [0.1, 0.15) is 11.5 Å². The predicted octanol–water partition coefficient (Wildman–Crippen LogP) is 8.61. The second-order valence-corrected chi connectivity index (χ2v) is 10.2. The molecule has 0 saturated heterocycles. The molecule has 2 heterocycles. The lowest BCUT2D eigenvalue weighted by Gasteiger charge is -2.37. The van der Waals surface area contributed by atoms with Crippen LogP contribution in [0.15, 0.2) is 109 Å². The fourth-order valence-corrected chi connectivity index (χ4v) is 5.93. The van der Waals surface area contributed by atoms with Crippen LogP contribution in [0.2, 0.25) is 0 Å². The molecule has 0 fully saturated rings. The summed E-state index contributed by atoms with van der Waals surface area (Å²) in [6.07, 6.45) is 0.929. The first-order valence-corrected chi connectivity index (χ1v) is 13.5. The number of carbonyl (C=O) groups is 1. The van der Waals surface area contributed by atoms with Crippen molar-refractivity contribution in [2.24, 2.45) is 0 Å². The van der Waals surface area contributed by atoms with Gasteiger partial charge < -0.3 is 20.1 Å². The smallest absolute Gasteiger partial charge is 0.342 e. The monoisotopic (exact) mass is 524 g/mol. The Balaban J connectivity index is 1.49. The number of rotatable bonds is 5. The van der Waals surface area contributed by atoms with E-state index >= 15 is 0 Å². The molecule has 5 aromatic rings. The predicted molar refractivity (Wildman–Crippen MR) is 158 cm³/mol. The first kappa shape index (κ1) is 24.0. The van der Waals surface area contributed by atoms with Crippen LogP contribution in [0.25, 0.3) is 0 Å². The van der Waals surface area contributed by atoms with Crippen molar-refractivity contribution in [1.29, 1.82) is 0 Å². The van der Waals surface area contributed by atoms with E-state index in [1.54, 1.807) is 0 Å². The molecular formula is C35H28N2O3. The van der Waals surface area contributed by atoms with E-state index in [1.165, 1.54) is 11.1 Å². The van der Waals surface area contributed by atoms with E-state index in [0.717, 1.165) is 40.2 Å². The molecule has 0 unspecified atom stereocenters. The molecule has 0 aliphatic carbocycles. The second kappa shape index (κ2) is 9.31. The van der Waals surface area contributed by atoms with E-state index in [0.29, 0.717) is 22.7 Å². The molecule has 0 radical (unpaired) electrons. The highest BCUT2D eigenvalue weighted by molar-refractivity contribution is 6.05. The quantitative estimate of drug-likeness (QED) is 0.225. The summed E-state index contributed by atoms with van der Waals surface area (Å²) in [5, 5.41) is 7.11. The number of nitrogens with one attached hydrogen (secondary N) is 2. The van der Waals surface area contributed by atoms with Crippen molar-refractivity contribution < 1.29 is 14.3 Å². The fourth-order valence-electron chi connectivity index (χ4n) is 5.93. The zero-order chi connectivity index (χ0) is 27.3. The standard InChI is InChI=1S/C35H28N2O3/c1-3-23-21-25(18-17-22(23)2)37-28-19-20-29(36-24-11-5-4-6-12-24)33-32(28)34(38)40-35(33)26-13-7-9-15-30(26)39-31-16-10-8-14-27(31)35/h4-21,36-37H,3H2,1-2H3. The Kier molecular flexibility index (Phi) is 5.60. The van der Waals surface area contributed by atoms with Gasteiger partial charge in [-0.15, -0.1) is 0 Å². The summed E-state index contributed by atoms with van der Waals surface area (Å²) in [7, 11) is 0. The van der Waals surface area contributed by atoms with E-state index < -0.39 is 5.60 Å². The zero-order valence-corrected chi connectivity index (χ0v) is 22.3. The molecule has 0 atom stereocenters. The summed E-state index contributed by atoms with van der Waals surface area (Å²) in [5.74, 6) is 0.942. The highest BCUT2D eigenvalue weighted by Gasteiger charge is 2.55. The number of benzene rings is 5. The number of hydrogen-bond donors (Lipinski definition) is 2. The van der Waals surface area contributed by atoms with Crippen LogP contribution in [-0.4, -0.2) is 5.97 Å². The Morgan fingerprint density at radius 3 is 2.02 bits per heavy atom. The first-order valence-electron chi connectivity index (χ1n) is 13.5. The maximum atomic E-state index is 14.0. The number of esters is 1. The summed E-state index contributed by atoms with van der Waals surface area (Å²) in [4.78, 5) is 14.0. The van der Waals surface area contributed by atoms with Gasteiger partial charge in [0.05, 0.1) is 11.3 Å². The third-order valence-electron chi connectivity index (χ3n) is 7.82. The average Bonchev–Trinajstić information content (AvgIpc) is 3.30. The van der Waals surface area contributed by atoms with Crippen LogP contribution in [0.5, 0.6) is 11.5 Å². The molecule has 2 aliphatic heterocycles. The van der Waals surface area contributed by atoms with Crippen molar-refractivity contribution in [2.75, 3.05) is 10.6 Å². The molecule has 5 nitrogen and oxygen atoms in total. The molecular weight excluding hydrogens is 496 g/mol. The largest absolute Gasteiger partial charge is 0.456 e. The van der Waals surface area contributed by atoms with Crippen molar-refractivity contribution in [2.45, 2.75) is 25.9 Å². The number of carbonyl (C=O) groups excluding carboxylic acids is 1. The molecule has 196 valence electrons. The number of hydrogen-bond acceptors (Lipinski definition) is 5. The Hall–Kier alpha value is -5.03. The number of para-hydroxylation sites is 3. The minimum atomic E-state index is -1.19. The zero-order valence-electron chi connectivity index (χ0n) is 22.3. The second-order valence-electron chi connectivity index (χ2n) is 10.2. The molecule has 7 rings (SSSR count). The van der Waals surface area contributed by atoms with Crippen LogP contribution in [-0.2, 0) is 16.8 Å². The Morgan fingerprint density at radius 1 is 0.700 bits per heavy atom. The SMILES string of the molecule is CCc1cc(Nc2ccc(Nc3ccccc3)c3c2C(=O)OC32c3ccccc3Oc3ccccc32)ccc1C. The summed E-state index contributed by atoms with van der Waals surface area (Å²) in [5.41, 5.74) is 7.50. The van der Waals surface area contributed by atoms with Crippen molar-refractivity contribution in [1.82, 2.24) is 0 Å². The highest BCUT2D eigenvalue weighted by atomic mass is 16.6. The molecule has 40 heavy (non-hydrogen) atoms. The van der Waals surface area contributed by atoms with E-state index in [-0.39, 0.29) is 5.97 Å². The van der Waals surface area contributed by atoms with Crippen LogP contribution in [0.3, 0.4) is 0 Å². The van der Waals surface area contributed by atoms with Crippen LogP contribution < -0.4 is 15.4 Å². The topological polar surface area (TPSA) is 59.6 Å². The van der Waals surface area contributed by atoms with Crippen LogP contribution in [0, 0.1) is 6.92 Å². The molecule has 0 saturated carbocycles. The van der Waals surface area contributed by atoms with Crippen molar-refractivity contribution in [3.05, 3.63) is 143 Å². The third-order valence-corrected chi connectivity index (χ3v) is 7.82. The number of anilines is 4. The van der Waals surface area contributed by atoms with Gasteiger partial charge in [0.2, 0.25) is 0 Å². The van der Waals surface area contributed by atoms with Gasteiger partial charge in [-0.3, -0.25) is 0 Å². The third kappa shape index (κ3) is 3.66. The number of aryl methyl sites for hydroxylation is 2. The van der Waals surface area contributed by atoms with E-state index in [4.69, 9.17) is 9.47 Å². The van der Waals surface area contributed by atoms with Gasteiger partial charge >= 0.3 is 5.97 Å². The molecule has 0 amide bonds. The van der Waals surface area contributed by atoms with Gasteiger partial charge in [0.15, 0.2) is 5.60 Å². The summed E-state index contributed by atoms with van der Waals surface area (Å²) < 4.78 is 12.8. The van der Waals surface area contributed by atoms with Crippen LogP contribution >= 0.6 is 0 Å². The number of fused-ring (bicyclic) bond motifs is 6. The highest BCUT2D eigenvalue weighted by Crippen LogP contribution is 2.59. The van der Waals surface area contributed by atoms with Gasteiger partial charge in [-0.2, -0.15) is 0 Å². The Morgan fingerprint density at radius 2 is 1.32 bits per heavy atom. The van der Waals surface area contributed by atoms with Crippen LogP contribution in [0.1, 0.15) is 45.1 Å². The van der Waals surface area contributed by atoms with Gasteiger partial charge in [0.25, 0.3) is 0 Å². The lowest BCUT2D eigenvalue weighted by Crippen LogP contribution is -2.33. The van der Waals surface area contributed by atoms with Gasteiger partial charge in [-0.25, -0.2) is 4.79 Å². The lowest BCUT2D eigenvalue weighted by molar-refractivity contribution is 0.0226. The molecule has 1 spiro atoms. The van der Waals surface area contributed by atoms with Gasteiger partial charge in [0, 0.05) is 33.8 Å². The van der Waals surface area contributed by atoms with Crippen LogP contribution in [0.4, 0.5) is 22.7 Å². The van der Waals surface area contributed by atoms with E-state index in [1.807, 2.05) is 97.1 Å². The molecule has 2 aliphatic rings. The number of ether oxygens (including phenoxy) is 2. The van der Waals surface area contributed by atoms with Gasteiger partial charge in [-0.1, -0.05) is 67.6 Å². The van der Waals surface area contributed by atoms with Gasteiger partial charge in [-0.05, 0) is 73.0 Å². The maximum absolute atomic E-state index is 14.0. The Labute approximate surface area is 233 Å². The van der Waals surface area contributed by atoms with E-state index in [9.17, 15) is 4.79 Å². The summed E-state index contributed by atoms with van der Waals surface area (Å²) >= 11 is 0. The fraction of sp³-hybridized carbons (Fsp3) is 0.114. The van der Waals surface area contributed by atoms with Crippen molar-refractivity contribution in [3.8, 4) is 11.5 Å². The Bertz CT molecular complexity index is 1730. The molecule has 0 bridgehead atoms. The minimum absolute atomic E-state index is 0.386. The summed E-state index contributed by atoms with van der Waals surface area (Å²) in [6, 6.07) is 35.8. The molecule has 0 aromatic heterocycles. The molecule has 2 N–H and O–H groups in total. The molecule has 5 heteroatoms. The maximum Gasteiger partial charge on any atom is 0.342 e. The summed E-state index contributed by atoms with van der Waals surface area (Å²) in [6.45, 7) is 4.26. The lowest BCUT2D eigenvalue weighted by atomic mass is 9.76. The van der Waals surface area contributed by atoms with Crippen molar-refractivity contribution >= 4 is 28.7 Å². The van der Waals surface area contributed by atoms with Crippen molar-refractivity contribution in [3.63, 3.8) is 0 Å². The average molecular weight is 525 g/mol. The normalized spacial score (nSPS) is 14.0. The first-order chi connectivity index (χ1) is 19.6. The minimum Gasteiger partial charge on any atom is -0.456 e. The molecule has 5 aromatic carbocycles. The van der Waals surface area contributed by atoms with E-state index in [2.05, 4.69) is 36.6 Å².